The summed E-state index contributed by atoms with van der Waals surface area (Å²) in [7, 11) is 1.45. The van der Waals surface area contributed by atoms with E-state index in [0.717, 1.165) is 0 Å². The maximum atomic E-state index is 12.9. The Morgan fingerprint density at radius 2 is 2.19 bits per heavy atom. The Kier molecular flexibility index (Phi) is 3.94. The molecule has 0 unspecified atom stereocenters. The summed E-state index contributed by atoms with van der Waals surface area (Å²) in [5.41, 5.74) is 5.50. The fourth-order valence-electron chi connectivity index (χ4n) is 1.10. The van der Waals surface area contributed by atoms with Gasteiger partial charge in [-0.25, -0.2) is 18.7 Å². The van der Waals surface area contributed by atoms with Crippen LogP contribution in [0.3, 0.4) is 0 Å². The second-order valence-electron chi connectivity index (χ2n) is 3.27. The molecule has 0 aromatic carbocycles. The van der Waals surface area contributed by atoms with Crippen molar-refractivity contribution in [2.24, 2.45) is 5.73 Å². The Bertz CT molecular complexity index is 359. The smallest absolute Gasteiger partial charge is 0.276 e. The largest absolute Gasteiger partial charge is 0.481 e. The number of hydrogen-bond donors (Lipinski definition) is 2. The number of aromatic nitrogens is 2. The Morgan fingerprint density at radius 1 is 1.50 bits per heavy atom. The van der Waals surface area contributed by atoms with Gasteiger partial charge >= 0.3 is 0 Å². The van der Waals surface area contributed by atoms with Gasteiger partial charge in [0.05, 0.1) is 25.8 Å². The molecule has 0 aliphatic heterocycles. The number of nitrogens with zero attached hydrogens (tertiary/aromatic N) is 2. The molecule has 1 aromatic rings. The fourth-order valence-corrected chi connectivity index (χ4v) is 1.10. The van der Waals surface area contributed by atoms with Crippen LogP contribution in [-0.4, -0.2) is 36.1 Å². The lowest BCUT2D eigenvalue weighted by molar-refractivity contribution is 0.0253. The molecule has 0 bridgehead atoms. The van der Waals surface area contributed by atoms with Crippen LogP contribution in [-0.2, 0) is 0 Å². The van der Waals surface area contributed by atoms with Crippen molar-refractivity contribution >= 4 is 5.82 Å². The number of rotatable bonds is 5. The normalized spacial score (nSPS) is 11.3. The first kappa shape index (κ1) is 12.6. The number of anilines is 1. The topological polar surface area (TPSA) is 73.1 Å². The summed E-state index contributed by atoms with van der Waals surface area (Å²) in [5.74, 6) is -2.28. The third-order valence-electron chi connectivity index (χ3n) is 2.04. The molecule has 0 atom stereocenters. The van der Waals surface area contributed by atoms with Crippen molar-refractivity contribution in [1.29, 1.82) is 0 Å². The number of methoxy groups -OCH3 is 1. The molecule has 0 aliphatic rings. The highest BCUT2D eigenvalue weighted by Crippen LogP contribution is 2.21. The van der Waals surface area contributed by atoms with Gasteiger partial charge in [0.2, 0.25) is 5.88 Å². The van der Waals surface area contributed by atoms with E-state index >= 15 is 0 Å². The standard InChI is InChI=1S/C9H14F2N4O/c1-6-7(13-4-9(10,11)3-12)14-5-15-8(6)16-2/h5H,3-4,12H2,1-2H3,(H,13,14,15). The average Bonchev–Trinajstić information content (AvgIpc) is 2.28. The molecule has 3 N–H and O–H groups in total. The Morgan fingerprint density at radius 3 is 2.75 bits per heavy atom. The van der Waals surface area contributed by atoms with Crippen LogP contribution in [0.2, 0.25) is 0 Å². The van der Waals surface area contributed by atoms with E-state index in [9.17, 15) is 8.78 Å². The highest BCUT2D eigenvalue weighted by atomic mass is 19.3. The van der Waals surface area contributed by atoms with Crippen molar-refractivity contribution in [1.82, 2.24) is 9.97 Å². The van der Waals surface area contributed by atoms with Crippen LogP contribution >= 0.6 is 0 Å². The lowest BCUT2D eigenvalue weighted by Gasteiger charge is -2.16. The van der Waals surface area contributed by atoms with E-state index in [4.69, 9.17) is 10.5 Å². The second kappa shape index (κ2) is 5.02. The van der Waals surface area contributed by atoms with E-state index in [1.54, 1.807) is 6.92 Å². The van der Waals surface area contributed by atoms with Gasteiger partial charge in [-0.1, -0.05) is 0 Å². The molecule has 0 saturated carbocycles. The van der Waals surface area contributed by atoms with E-state index in [-0.39, 0.29) is 0 Å². The number of hydrogen-bond acceptors (Lipinski definition) is 5. The molecule has 0 fully saturated rings. The number of nitrogens with one attached hydrogen (secondary N) is 1. The monoisotopic (exact) mass is 232 g/mol. The average molecular weight is 232 g/mol. The van der Waals surface area contributed by atoms with Crippen LogP contribution < -0.4 is 15.8 Å². The number of nitrogens with two attached hydrogens (primary N) is 1. The zero-order valence-corrected chi connectivity index (χ0v) is 9.13. The lowest BCUT2D eigenvalue weighted by Crippen LogP contribution is -2.35. The van der Waals surface area contributed by atoms with Gasteiger partial charge in [0.15, 0.2) is 0 Å². The van der Waals surface area contributed by atoms with Crippen LogP contribution in [0.4, 0.5) is 14.6 Å². The highest BCUT2D eigenvalue weighted by Gasteiger charge is 2.26. The molecule has 0 radical (unpaired) electrons. The molecule has 90 valence electrons. The Labute approximate surface area is 92.0 Å². The summed E-state index contributed by atoms with van der Waals surface area (Å²) in [5, 5.41) is 2.52. The van der Waals surface area contributed by atoms with Crippen molar-refractivity contribution in [3.8, 4) is 5.88 Å². The maximum Gasteiger partial charge on any atom is 0.276 e. The van der Waals surface area contributed by atoms with E-state index in [2.05, 4.69) is 15.3 Å². The summed E-state index contributed by atoms with van der Waals surface area (Å²) in [4.78, 5) is 7.68. The lowest BCUT2D eigenvalue weighted by atomic mass is 10.3. The van der Waals surface area contributed by atoms with Crippen LogP contribution in [0.25, 0.3) is 0 Å². The van der Waals surface area contributed by atoms with Crippen LogP contribution in [0.5, 0.6) is 5.88 Å². The quantitative estimate of drug-likeness (QED) is 0.785. The molecule has 1 heterocycles. The molecule has 1 aromatic heterocycles. The Balaban J connectivity index is 2.75. The summed E-state index contributed by atoms with van der Waals surface area (Å²) >= 11 is 0. The van der Waals surface area contributed by atoms with E-state index in [0.29, 0.717) is 17.3 Å². The highest BCUT2D eigenvalue weighted by molar-refractivity contribution is 5.47. The minimum atomic E-state index is -2.95. The summed E-state index contributed by atoms with van der Waals surface area (Å²) in [6, 6.07) is 0. The fraction of sp³-hybridized carbons (Fsp3) is 0.556. The minimum Gasteiger partial charge on any atom is -0.481 e. The van der Waals surface area contributed by atoms with Gasteiger partial charge in [-0.15, -0.1) is 0 Å². The summed E-state index contributed by atoms with van der Waals surface area (Å²) in [6.07, 6.45) is 1.24. The van der Waals surface area contributed by atoms with Gasteiger partial charge in [0.25, 0.3) is 5.92 Å². The number of halogens is 2. The Hall–Kier alpha value is -1.50. The van der Waals surface area contributed by atoms with E-state index in [1.807, 2.05) is 0 Å². The first-order valence-electron chi connectivity index (χ1n) is 4.67. The third kappa shape index (κ3) is 2.99. The number of alkyl halides is 2. The van der Waals surface area contributed by atoms with Gasteiger partial charge in [-0.05, 0) is 6.92 Å². The zero-order valence-electron chi connectivity index (χ0n) is 9.13. The van der Waals surface area contributed by atoms with Gasteiger partial charge in [0.1, 0.15) is 12.1 Å². The van der Waals surface area contributed by atoms with Crippen molar-refractivity contribution in [3.63, 3.8) is 0 Å². The molecular formula is C9H14F2N4O. The van der Waals surface area contributed by atoms with E-state index in [1.165, 1.54) is 13.4 Å². The van der Waals surface area contributed by atoms with Crippen LogP contribution in [0, 0.1) is 6.92 Å². The summed E-state index contributed by atoms with van der Waals surface area (Å²) < 4.78 is 30.7. The van der Waals surface area contributed by atoms with Crippen LogP contribution in [0.15, 0.2) is 6.33 Å². The first-order chi connectivity index (χ1) is 7.50. The van der Waals surface area contributed by atoms with Crippen LogP contribution in [0.1, 0.15) is 5.56 Å². The minimum absolute atomic E-state index is 0.319. The molecular weight excluding hydrogens is 218 g/mol. The van der Waals surface area contributed by atoms with Crippen molar-refractivity contribution in [2.75, 3.05) is 25.5 Å². The molecule has 5 nitrogen and oxygen atoms in total. The number of ether oxygens (including phenoxy) is 1. The molecule has 0 saturated heterocycles. The van der Waals surface area contributed by atoms with Crippen molar-refractivity contribution in [3.05, 3.63) is 11.9 Å². The second-order valence-corrected chi connectivity index (χ2v) is 3.27. The molecule has 0 amide bonds. The van der Waals surface area contributed by atoms with Gasteiger partial charge in [-0.3, -0.25) is 0 Å². The van der Waals surface area contributed by atoms with E-state index < -0.39 is 19.0 Å². The van der Waals surface area contributed by atoms with Crippen molar-refractivity contribution in [2.45, 2.75) is 12.8 Å². The first-order valence-corrected chi connectivity index (χ1v) is 4.67. The third-order valence-corrected chi connectivity index (χ3v) is 2.04. The van der Waals surface area contributed by atoms with Gasteiger partial charge < -0.3 is 15.8 Å². The SMILES string of the molecule is COc1ncnc(NCC(F)(F)CN)c1C. The molecule has 7 heteroatoms. The molecule has 1 rings (SSSR count). The summed E-state index contributed by atoms with van der Waals surface area (Å²) in [6.45, 7) is 0.410. The van der Waals surface area contributed by atoms with Gasteiger partial charge in [0, 0.05) is 0 Å². The predicted molar refractivity (Wildman–Crippen MR) is 55.8 cm³/mol. The predicted octanol–water partition coefficient (Wildman–Crippen LogP) is 0.800. The van der Waals surface area contributed by atoms with Gasteiger partial charge in [-0.2, -0.15) is 0 Å². The molecule has 0 spiro atoms. The molecule has 16 heavy (non-hydrogen) atoms. The zero-order chi connectivity index (χ0) is 12.2. The molecule has 0 aliphatic carbocycles. The maximum absolute atomic E-state index is 12.9. The van der Waals surface area contributed by atoms with Crippen molar-refractivity contribution < 1.29 is 13.5 Å².